The molecule has 0 fully saturated rings. The van der Waals surface area contributed by atoms with Crippen molar-refractivity contribution in [1.29, 1.82) is 0 Å². The molecule has 6 nitrogen and oxygen atoms in total. The molecule has 2 aromatic carbocycles. The van der Waals surface area contributed by atoms with Gasteiger partial charge < -0.3 is 24.8 Å². The number of rotatable bonds is 6. The first-order valence-electron chi connectivity index (χ1n) is 8.35. The van der Waals surface area contributed by atoms with Crippen LogP contribution in [-0.4, -0.2) is 31.8 Å². The maximum Gasteiger partial charge on any atom is 0.246 e. The number of anilines is 2. The monoisotopic (exact) mass is 342 g/mol. The standard InChI is InChI=1S/C19H22N2O4/c1-3-23-16-7-4-14(5-8-16)20-13(2)19(22)21-15-6-9-17-18(12-15)25-11-10-24-17/h4-9,12-13,20H,3,10-11H2,1-2H3,(H,21,22)/t13-/m0/s1. The number of hydrogen-bond donors (Lipinski definition) is 2. The van der Waals surface area contributed by atoms with Gasteiger partial charge in [-0.05, 0) is 50.2 Å². The number of carbonyl (C=O) groups excluding carboxylic acids is 1. The van der Waals surface area contributed by atoms with Gasteiger partial charge in [-0.2, -0.15) is 0 Å². The molecule has 0 radical (unpaired) electrons. The van der Waals surface area contributed by atoms with Crippen LogP contribution in [0, 0.1) is 0 Å². The lowest BCUT2D eigenvalue weighted by molar-refractivity contribution is -0.116. The van der Waals surface area contributed by atoms with Gasteiger partial charge in [0.25, 0.3) is 0 Å². The molecule has 25 heavy (non-hydrogen) atoms. The average molecular weight is 342 g/mol. The van der Waals surface area contributed by atoms with Crippen LogP contribution in [0.5, 0.6) is 17.2 Å². The van der Waals surface area contributed by atoms with Crippen LogP contribution in [0.4, 0.5) is 11.4 Å². The van der Waals surface area contributed by atoms with E-state index in [-0.39, 0.29) is 5.91 Å². The van der Waals surface area contributed by atoms with Crippen molar-refractivity contribution >= 4 is 17.3 Å². The van der Waals surface area contributed by atoms with Crippen molar-refractivity contribution < 1.29 is 19.0 Å². The number of ether oxygens (including phenoxy) is 3. The van der Waals surface area contributed by atoms with Crippen LogP contribution < -0.4 is 24.8 Å². The highest BCUT2D eigenvalue weighted by Crippen LogP contribution is 2.32. The summed E-state index contributed by atoms with van der Waals surface area (Å²) in [7, 11) is 0. The van der Waals surface area contributed by atoms with E-state index in [9.17, 15) is 4.79 Å². The minimum atomic E-state index is -0.397. The van der Waals surface area contributed by atoms with E-state index in [1.807, 2.05) is 38.1 Å². The Hall–Kier alpha value is -2.89. The minimum Gasteiger partial charge on any atom is -0.494 e. The lowest BCUT2D eigenvalue weighted by atomic mass is 10.2. The molecular weight excluding hydrogens is 320 g/mol. The van der Waals surface area contributed by atoms with Crippen molar-refractivity contribution in [1.82, 2.24) is 0 Å². The lowest BCUT2D eigenvalue weighted by Gasteiger charge is -2.20. The van der Waals surface area contributed by atoms with E-state index in [0.29, 0.717) is 37.0 Å². The summed E-state index contributed by atoms with van der Waals surface area (Å²) in [6.45, 7) is 5.43. The van der Waals surface area contributed by atoms with Crippen molar-refractivity contribution in [2.75, 3.05) is 30.5 Å². The van der Waals surface area contributed by atoms with Crippen LogP contribution in [0.15, 0.2) is 42.5 Å². The zero-order valence-electron chi connectivity index (χ0n) is 14.4. The van der Waals surface area contributed by atoms with E-state index in [1.165, 1.54) is 0 Å². The quantitative estimate of drug-likeness (QED) is 0.843. The molecule has 6 heteroatoms. The van der Waals surface area contributed by atoms with E-state index in [2.05, 4.69) is 10.6 Å². The zero-order valence-corrected chi connectivity index (χ0v) is 14.4. The Morgan fingerprint density at radius 1 is 1.08 bits per heavy atom. The molecule has 1 amide bonds. The summed E-state index contributed by atoms with van der Waals surface area (Å²) in [4.78, 5) is 12.4. The second-order valence-corrected chi connectivity index (χ2v) is 5.67. The Morgan fingerprint density at radius 3 is 2.48 bits per heavy atom. The van der Waals surface area contributed by atoms with Gasteiger partial charge in [0, 0.05) is 17.4 Å². The summed E-state index contributed by atoms with van der Waals surface area (Å²) in [6.07, 6.45) is 0. The second-order valence-electron chi connectivity index (χ2n) is 5.67. The van der Waals surface area contributed by atoms with Gasteiger partial charge in [0.15, 0.2) is 11.5 Å². The van der Waals surface area contributed by atoms with Crippen LogP contribution in [0.25, 0.3) is 0 Å². The van der Waals surface area contributed by atoms with Crippen molar-refractivity contribution in [3.05, 3.63) is 42.5 Å². The van der Waals surface area contributed by atoms with Gasteiger partial charge in [0.05, 0.1) is 6.61 Å². The molecule has 1 aliphatic heterocycles. The summed E-state index contributed by atoms with van der Waals surface area (Å²) < 4.78 is 16.4. The Balaban J connectivity index is 1.58. The van der Waals surface area contributed by atoms with E-state index < -0.39 is 6.04 Å². The third kappa shape index (κ3) is 4.35. The van der Waals surface area contributed by atoms with Gasteiger partial charge in [-0.3, -0.25) is 4.79 Å². The first kappa shape index (κ1) is 17.0. The number of nitrogens with one attached hydrogen (secondary N) is 2. The summed E-state index contributed by atoms with van der Waals surface area (Å²) in [6, 6.07) is 12.5. The third-order valence-corrected chi connectivity index (χ3v) is 3.75. The summed E-state index contributed by atoms with van der Waals surface area (Å²) in [5, 5.41) is 6.05. The molecule has 1 aliphatic rings. The first-order chi connectivity index (χ1) is 12.2. The molecule has 0 aromatic heterocycles. The molecule has 132 valence electrons. The molecule has 0 aliphatic carbocycles. The molecular formula is C19H22N2O4. The topological polar surface area (TPSA) is 68.8 Å². The van der Waals surface area contributed by atoms with E-state index >= 15 is 0 Å². The minimum absolute atomic E-state index is 0.134. The maximum atomic E-state index is 12.4. The predicted octanol–water partition coefficient (Wildman–Crippen LogP) is 3.30. The van der Waals surface area contributed by atoms with Gasteiger partial charge >= 0.3 is 0 Å². The highest BCUT2D eigenvalue weighted by Gasteiger charge is 2.16. The van der Waals surface area contributed by atoms with Crippen molar-refractivity contribution in [3.63, 3.8) is 0 Å². The van der Waals surface area contributed by atoms with Gasteiger partial charge in [0.2, 0.25) is 5.91 Å². The van der Waals surface area contributed by atoms with Crippen LogP contribution in [-0.2, 0) is 4.79 Å². The lowest BCUT2D eigenvalue weighted by Crippen LogP contribution is -2.31. The average Bonchev–Trinajstić information content (AvgIpc) is 2.63. The normalized spacial score (nSPS) is 13.7. The van der Waals surface area contributed by atoms with Gasteiger partial charge in [-0.25, -0.2) is 0 Å². The number of fused-ring (bicyclic) bond motifs is 1. The molecule has 1 heterocycles. The number of benzene rings is 2. The third-order valence-electron chi connectivity index (χ3n) is 3.75. The zero-order chi connectivity index (χ0) is 17.6. The summed E-state index contributed by atoms with van der Waals surface area (Å²) >= 11 is 0. The van der Waals surface area contributed by atoms with Crippen LogP contribution in [0.2, 0.25) is 0 Å². The predicted molar refractivity (Wildman–Crippen MR) is 96.8 cm³/mol. The smallest absolute Gasteiger partial charge is 0.246 e. The molecule has 0 saturated heterocycles. The highest BCUT2D eigenvalue weighted by molar-refractivity contribution is 5.96. The SMILES string of the molecule is CCOc1ccc(N[C@@H](C)C(=O)Nc2ccc3c(c2)OCCO3)cc1. The Labute approximate surface area is 147 Å². The molecule has 2 aromatic rings. The van der Waals surface area contributed by atoms with Crippen molar-refractivity contribution in [3.8, 4) is 17.2 Å². The Bertz CT molecular complexity index is 731. The summed E-state index contributed by atoms with van der Waals surface area (Å²) in [5.74, 6) is 2.02. The fourth-order valence-electron chi connectivity index (χ4n) is 2.50. The first-order valence-corrected chi connectivity index (χ1v) is 8.35. The van der Waals surface area contributed by atoms with Gasteiger partial charge in [0.1, 0.15) is 25.0 Å². The molecule has 1 atom stereocenters. The fraction of sp³-hybridized carbons (Fsp3) is 0.316. The number of amides is 1. The van der Waals surface area contributed by atoms with Gasteiger partial charge in [-0.15, -0.1) is 0 Å². The fourth-order valence-corrected chi connectivity index (χ4v) is 2.50. The number of carbonyl (C=O) groups is 1. The van der Waals surface area contributed by atoms with E-state index in [0.717, 1.165) is 11.4 Å². The Morgan fingerprint density at radius 2 is 1.76 bits per heavy atom. The molecule has 0 saturated carbocycles. The molecule has 3 rings (SSSR count). The molecule has 2 N–H and O–H groups in total. The van der Waals surface area contributed by atoms with E-state index in [1.54, 1.807) is 18.2 Å². The van der Waals surface area contributed by atoms with Crippen LogP contribution >= 0.6 is 0 Å². The second kappa shape index (κ2) is 7.79. The largest absolute Gasteiger partial charge is 0.494 e. The maximum absolute atomic E-state index is 12.4. The number of hydrogen-bond acceptors (Lipinski definition) is 5. The van der Waals surface area contributed by atoms with Crippen molar-refractivity contribution in [2.45, 2.75) is 19.9 Å². The Kier molecular flexibility index (Phi) is 5.28. The highest BCUT2D eigenvalue weighted by atomic mass is 16.6. The van der Waals surface area contributed by atoms with Gasteiger partial charge in [-0.1, -0.05) is 0 Å². The molecule has 0 spiro atoms. The summed E-state index contributed by atoms with van der Waals surface area (Å²) in [5.41, 5.74) is 1.53. The van der Waals surface area contributed by atoms with Crippen molar-refractivity contribution in [2.24, 2.45) is 0 Å². The molecule has 0 unspecified atom stereocenters. The molecule has 0 bridgehead atoms. The van der Waals surface area contributed by atoms with E-state index in [4.69, 9.17) is 14.2 Å². The van der Waals surface area contributed by atoms with Crippen LogP contribution in [0.3, 0.4) is 0 Å². The van der Waals surface area contributed by atoms with Crippen LogP contribution in [0.1, 0.15) is 13.8 Å².